The Kier molecular flexibility index (Phi) is 5.01. The van der Waals surface area contributed by atoms with Gasteiger partial charge in [0.1, 0.15) is 6.10 Å². The van der Waals surface area contributed by atoms with Crippen LogP contribution in [0.3, 0.4) is 0 Å². The van der Waals surface area contributed by atoms with Crippen molar-refractivity contribution in [1.29, 1.82) is 0 Å². The van der Waals surface area contributed by atoms with Gasteiger partial charge in [-0.25, -0.2) is 0 Å². The average Bonchev–Trinajstić information content (AvgIpc) is 2.60. The molecule has 1 saturated carbocycles. The zero-order valence-electron chi connectivity index (χ0n) is 11.4. The maximum atomic E-state index is 11.4. The Balaban J connectivity index is 1.75. The number of nitrogens with one attached hydrogen (secondary N) is 1. The molecule has 1 N–H and O–H groups in total. The number of carbonyl (C=O) groups is 1. The van der Waals surface area contributed by atoms with E-state index in [1.165, 1.54) is 25.7 Å². The minimum atomic E-state index is -0.337. The molecule has 2 aliphatic rings. The smallest absolute Gasteiger partial charge is 0.220 e. The molecule has 1 aliphatic heterocycles. The van der Waals surface area contributed by atoms with Crippen molar-refractivity contribution in [3.63, 3.8) is 0 Å². The van der Waals surface area contributed by atoms with E-state index in [0.717, 1.165) is 19.3 Å². The van der Waals surface area contributed by atoms with Gasteiger partial charge in [-0.15, -0.1) is 0 Å². The molecule has 2 fully saturated rings. The highest BCUT2D eigenvalue weighted by molar-refractivity contribution is 5.75. The lowest BCUT2D eigenvalue weighted by molar-refractivity contribution is -0.175. The van der Waals surface area contributed by atoms with Gasteiger partial charge in [-0.2, -0.15) is 0 Å². The summed E-state index contributed by atoms with van der Waals surface area (Å²) in [7, 11) is 0. The molecule has 2 rings (SSSR count). The molecule has 0 aromatic rings. The second-order valence-electron chi connectivity index (χ2n) is 5.43. The third-order valence-electron chi connectivity index (χ3n) is 3.78. The highest BCUT2D eigenvalue weighted by Crippen LogP contribution is 2.36. The van der Waals surface area contributed by atoms with E-state index in [4.69, 9.17) is 9.47 Å². The van der Waals surface area contributed by atoms with Crippen LogP contribution in [0.15, 0.2) is 0 Å². The van der Waals surface area contributed by atoms with Gasteiger partial charge in [-0.1, -0.05) is 19.8 Å². The van der Waals surface area contributed by atoms with E-state index in [0.29, 0.717) is 19.6 Å². The van der Waals surface area contributed by atoms with Crippen LogP contribution in [0.25, 0.3) is 0 Å². The Morgan fingerprint density at radius 2 is 2.00 bits per heavy atom. The molecule has 18 heavy (non-hydrogen) atoms. The van der Waals surface area contributed by atoms with Crippen molar-refractivity contribution in [1.82, 2.24) is 5.32 Å². The Morgan fingerprint density at radius 1 is 1.28 bits per heavy atom. The fraction of sp³-hybridized carbons (Fsp3) is 0.929. The normalized spacial score (nSPS) is 27.1. The van der Waals surface area contributed by atoms with Gasteiger partial charge in [0.05, 0.1) is 6.61 Å². The number of amides is 1. The summed E-state index contributed by atoms with van der Waals surface area (Å²) in [6.45, 7) is 3.21. The van der Waals surface area contributed by atoms with Crippen molar-refractivity contribution in [2.45, 2.75) is 70.2 Å². The predicted octanol–water partition coefficient (Wildman–Crippen LogP) is 2.37. The standard InChI is InChI=1S/C14H25NO3/c1-2-7-13(16)15-10-12-11-17-14(18-12)8-5-3-4-6-9-14/h12H,2-11H2,1H3,(H,15,16)/t12-/m0/s1. The molecule has 1 aliphatic carbocycles. The van der Waals surface area contributed by atoms with E-state index in [1.54, 1.807) is 0 Å². The van der Waals surface area contributed by atoms with Crippen molar-refractivity contribution < 1.29 is 14.3 Å². The SMILES string of the molecule is CCCC(=O)NC[C@H]1COC2(CCCCCC2)O1. The van der Waals surface area contributed by atoms with E-state index in [2.05, 4.69) is 5.32 Å². The Labute approximate surface area is 109 Å². The third-order valence-corrected chi connectivity index (χ3v) is 3.78. The number of ether oxygens (including phenoxy) is 2. The van der Waals surface area contributed by atoms with Crippen LogP contribution in [0, 0.1) is 0 Å². The number of carbonyl (C=O) groups excluding carboxylic acids is 1. The summed E-state index contributed by atoms with van der Waals surface area (Å²) < 4.78 is 12.0. The fourth-order valence-corrected chi connectivity index (χ4v) is 2.79. The van der Waals surface area contributed by atoms with Crippen LogP contribution in [-0.2, 0) is 14.3 Å². The minimum Gasteiger partial charge on any atom is -0.353 e. The van der Waals surface area contributed by atoms with Gasteiger partial charge in [-0.05, 0) is 19.3 Å². The molecule has 1 heterocycles. The van der Waals surface area contributed by atoms with Crippen LogP contribution in [-0.4, -0.2) is 30.9 Å². The second kappa shape index (κ2) is 6.53. The average molecular weight is 255 g/mol. The summed E-state index contributed by atoms with van der Waals surface area (Å²) in [6.07, 6.45) is 8.47. The van der Waals surface area contributed by atoms with Gasteiger partial charge in [0.25, 0.3) is 0 Å². The van der Waals surface area contributed by atoms with Crippen molar-refractivity contribution in [3.05, 3.63) is 0 Å². The Bertz CT molecular complexity index is 272. The predicted molar refractivity (Wildman–Crippen MR) is 69.2 cm³/mol. The lowest BCUT2D eigenvalue weighted by Gasteiger charge is -2.26. The summed E-state index contributed by atoms with van der Waals surface area (Å²) in [5.41, 5.74) is 0. The van der Waals surface area contributed by atoms with Crippen LogP contribution in [0.2, 0.25) is 0 Å². The topological polar surface area (TPSA) is 47.6 Å². The van der Waals surface area contributed by atoms with Crippen LogP contribution in [0.4, 0.5) is 0 Å². The number of hydrogen-bond acceptors (Lipinski definition) is 3. The van der Waals surface area contributed by atoms with E-state index < -0.39 is 0 Å². The van der Waals surface area contributed by atoms with E-state index in [1.807, 2.05) is 6.92 Å². The highest BCUT2D eigenvalue weighted by Gasteiger charge is 2.41. The molecule has 0 unspecified atom stereocenters. The first-order valence-electron chi connectivity index (χ1n) is 7.32. The van der Waals surface area contributed by atoms with Gasteiger partial charge < -0.3 is 14.8 Å². The molecule has 1 atom stereocenters. The van der Waals surface area contributed by atoms with Crippen LogP contribution in [0.1, 0.15) is 58.3 Å². The monoisotopic (exact) mass is 255 g/mol. The van der Waals surface area contributed by atoms with Crippen LogP contribution < -0.4 is 5.32 Å². The first-order valence-corrected chi connectivity index (χ1v) is 7.32. The van der Waals surface area contributed by atoms with Crippen LogP contribution >= 0.6 is 0 Å². The van der Waals surface area contributed by atoms with Crippen LogP contribution in [0.5, 0.6) is 0 Å². The summed E-state index contributed by atoms with van der Waals surface area (Å²) >= 11 is 0. The fourth-order valence-electron chi connectivity index (χ4n) is 2.79. The highest BCUT2D eigenvalue weighted by atomic mass is 16.7. The summed E-state index contributed by atoms with van der Waals surface area (Å²) in [6, 6.07) is 0. The lowest BCUT2D eigenvalue weighted by atomic mass is 10.1. The molecule has 1 saturated heterocycles. The van der Waals surface area contributed by atoms with Gasteiger partial charge >= 0.3 is 0 Å². The van der Waals surface area contributed by atoms with Crippen molar-refractivity contribution in [2.24, 2.45) is 0 Å². The molecular weight excluding hydrogens is 230 g/mol. The lowest BCUT2D eigenvalue weighted by Crippen LogP contribution is -2.35. The number of rotatable bonds is 4. The molecule has 4 nitrogen and oxygen atoms in total. The maximum absolute atomic E-state index is 11.4. The summed E-state index contributed by atoms with van der Waals surface area (Å²) in [4.78, 5) is 11.4. The quantitative estimate of drug-likeness (QED) is 0.839. The van der Waals surface area contributed by atoms with Gasteiger partial charge in [0, 0.05) is 25.8 Å². The molecule has 0 aromatic carbocycles. The largest absolute Gasteiger partial charge is 0.353 e. The summed E-state index contributed by atoms with van der Waals surface area (Å²) in [5, 5.41) is 2.92. The zero-order valence-corrected chi connectivity index (χ0v) is 11.4. The molecular formula is C14H25NO3. The van der Waals surface area contributed by atoms with E-state index in [-0.39, 0.29) is 17.8 Å². The minimum absolute atomic E-state index is 0.0314. The molecule has 1 spiro atoms. The molecule has 0 bridgehead atoms. The molecule has 0 radical (unpaired) electrons. The zero-order chi connectivity index (χ0) is 12.8. The molecule has 0 aromatic heterocycles. The molecule has 4 heteroatoms. The van der Waals surface area contributed by atoms with Gasteiger partial charge in [0.2, 0.25) is 5.91 Å². The van der Waals surface area contributed by atoms with Crippen molar-refractivity contribution in [3.8, 4) is 0 Å². The van der Waals surface area contributed by atoms with Gasteiger partial charge in [-0.3, -0.25) is 4.79 Å². The van der Waals surface area contributed by atoms with Crippen molar-refractivity contribution in [2.75, 3.05) is 13.2 Å². The maximum Gasteiger partial charge on any atom is 0.220 e. The Hall–Kier alpha value is -0.610. The third kappa shape index (κ3) is 3.69. The first kappa shape index (κ1) is 13.8. The van der Waals surface area contributed by atoms with Crippen molar-refractivity contribution >= 4 is 5.91 Å². The molecule has 1 amide bonds. The number of hydrogen-bond donors (Lipinski definition) is 1. The van der Waals surface area contributed by atoms with Gasteiger partial charge in [0.15, 0.2) is 5.79 Å². The second-order valence-corrected chi connectivity index (χ2v) is 5.43. The van der Waals surface area contributed by atoms with E-state index >= 15 is 0 Å². The van der Waals surface area contributed by atoms with E-state index in [9.17, 15) is 4.79 Å². The Morgan fingerprint density at radius 3 is 2.67 bits per heavy atom. The summed E-state index contributed by atoms with van der Waals surface area (Å²) in [5.74, 6) is -0.223. The molecule has 104 valence electrons. The first-order chi connectivity index (χ1) is 8.74.